The lowest BCUT2D eigenvalue weighted by atomic mass is 10.2. The number of benzene rings is 1. The van der Waals surface area contributed by atoms with Crippen molar-refractivity contribution in [3.63, 3.8) is 0 Å². The number of nitrogens with one attached hydrogen (secondary N) is 2. The Morgan fingerprint density at radius 2 is 2.19 bits per heavy atom. The van der Waals surface area contributed by atoms with Crippen LogP contribution in [0.1, 0.15) is 17.7 Å². The average molecular weight is 411 g/mol. The highest BCUT2D eigenvalue weighted by Gasteiger charge is 2.24. The fourth-order valence-corrected chi connectivity index (χ4v) is 4.51. The van der Waals surface area contributed by atoms with Gasteiger partial charge in [0.05, 0.1) is 9.77 Å². The lowest BCUT2D eigenvalue weighted by molar-refractivity contribution is -0.908. The van der Waals surface area contributed by atoms with Crippen LogP contribution in [0.3, 0.4) is 0 Å². The van der Waals surface area contributed by atoms with Crippen LogP contribution < -0.4 is 15.4 Å². The Bertz CT molecular complexity index is 862. The minimum absolute atomic E-state index is 0.0255. The van der Waals surface area contributed by atoms with E-state index in [-0.39, 0.29) is 23.5 Å². The molecule has 146 valence electrons. The SMILES string of the molecule is NS(=O)(=O)c1cccc(NC(=O)C[NH+](Cc2cccs2)C[C@@H]2CCCO2)c1. The van der Waals surface area contributed by atoms with Crippen LogP contribution in [0.5, 0.6) is 0 Å². The number of hydrogen-bond acceptors (Lipinski definition) is 5. The maximum atomic E-state index is 12.5. The van der Waals surface area contributed by atoms with E-state index >= 15 is 0 Å². The van der Waals surface area contributed by atoms with Crippen molar-refractivity contribution in [3.8, 4) is 0 Å². The second-order valence-electron chi connectivity index (χ2n) is 6.64. The highest BCUT2D eigenvalue weighted by atomic mass is 32.2. The molecule has 0 aliphatic carbocycles. The maximum absolute atomic E-state index is 12.5. The summed E-state index contributed by atoms with van der Waals surface area (Å²) in [6.45, 7) is 2.57. The van der Waals surface area contributed by atoms with Crippen LogP contribution in [-0.2, 0) is 26.1 Å². The van der Waals surface area contributed by atoms with Crippen LogP contribution in [-0.4, -0.2) is 40.1 Å². The fraction of sp³-hybridized carbons (Fsp3) is 0.389. The van der Waals surface area contributed by atoms with Crippen LogP contribution in [0.2, 0.25) is 0 Å². The van der Waals surface area contributed by atoms with Crippen molar-refractivity contribution in [2.45, 2.75) is 30.4 Å². The predicted molar refractivity (Wildman–Crippen MR) is 104 cm³/mol. The Balaban J connectivity index is 1.64. The first-order valence-corrected chi connectivity index (χ1v) is 11.2. The smallest absolute Gasteiger partial charge is 0.279 e. The number of sulfonamides is 1. The first-order chi connectivity index (χ1) is 12.9. The summed E-state index contributed by atoms with van der Waals surface area (Å²) in [5.74, 6) is -0.175. The van der Waals surface area contributed by atoms with Gasteiger partial charge >= 0.3 is 0 Å². The summed E-state index contributed by atoms with van der Waals surface area (Å²) in [6, 6.07) is 10.0. The average Bonchev–Trinajstić information content (AvgIpc) is 3.28. The number of quaternary nitrogens is 1. The third-order valence-electron chi connectivity index (χ3n) is 4.40. The number of thiophene rings is 1. The van der Waals surface area contributed by atoms with Gasteiger partial charge in [-0.25, -0.2) is 13.6 Å². The minimum atomic E-state index is -3.81. The maximum Gasteiger partial charge on any atom is 0.279 e. The molecule has 2 atom stereocenters. The highest BCUT2D eigenvalue weighted by molar-refractivity contribution is 7.89. The van der Waals surface area contributed by atoms with Crippen molar-refractivity contribution in [2.24, 2.45) is 5.14 Å². The number of anilines is 1. The van der Waals surface area contributed by atoms with Gasteiger partial charge in [0.2, 0.25) is 10.0 Å². The van der Waals surface area contributed by atoms with Gasteiger partial charge in [0.1, 0.15) is 19.2 Å². The van der Waals surface area contributed by atoms with Crippen LogP contribution in [0.15, 0.2) is 46.7 Å². The van der Waals surface area contributed by atoms with Gasteiger partial charge in [0.25, 0.3) is 5.91 Å². The Kier molecular flexibility index (Phi) is 6.61. The predicted octanol–water partition coefficient (Wildman–Crippen LogP) is 0.598. The topological polar surface area (TPSA) is 103 Å². The summed E-state index contributed by atoms with van der Waals surface area (Å²) >= 11 is 1.67. The van der Waals surface area contributed by atoms with Gasteiger partial charge < -0.3 is 15.0 Å². The van der Waals surface area contributed by atoms with Gasteiger partial charge in [-0.2, -0.15) is 0 Å². The molecule has 7 nitrogen and oxygen atoms in total. The van der Waals surface area contributed by atoms with E-state index in [1.807, 2.05) is 11.4 Å². The number of carbonyl (C=O) groups is 1. The molecule has 27 heavy (non-hydrogen) atoms. The summed E-state index contributed by atoms with van der Waals surface area (Å²) in [4.78, 5) is 14.8. The highest BCUT2D eigenvalue weighted by Crippen LogP contribution is 2.14. The number of carbonyl (C=O) groups excluding carboxylic acids is 1. The molecule has 1 fully saturated rings. The minimum Gasteiger partial charge on any atom is -0.372 e. The third kappa shape index (κ3) is 6.12. The number of nitrogens with two attached hydrogens (primary N) is 1. The number of rotatable bonds is 8. The van der Waals surface area contributed by atoms with Gasteiger partial charge in [-0.15, -0.1) is 11.3 Å². The summed E-state index contributed by atoms with van der Waals surface area (Å²) in [5.41, 5.74) is 0.416. The van der Waals surface area contributed by atoms with E-state index in [0.29, 0.717) is 5.69 Å². The number of hydrogen-bond donors (Lipinski definition) is 3. The van der Waals surface area contributed by atoms with E-state index < -0.39 is 10.0 Å². The molecule has 2 aromatic rings. The molecule has 1 aliphatic heterocycles. The molecule has 1 amide bonds. The van der Waals surface area contributed by atoms with Gasteiger partial charge in [-0.05, 0) is 42.5 Å². The zero-order valence-corrected chi connectivity index (χ0v) is 16.5. The fourth-order valence-electron chi connectivity index (χ4n) is 3.18. The van der Waals surface area contributed by atoms with Crippen molar-refractivity contribution in [3.05, 3.63) is 46.7 Å². The molecule has 1 aliphatic rings. The first kappa shape index (κ1) is 20.0. The monoisotopic (exact) mass is 410 g/mol. The quantitative estimate of drug-likeness (QED) is 0.593. The van der Waals surface area contributed by atoms with Crippen molar-refractivity contribution >= 4 is 33.0 Å². The standard InChI is InChI=1S/C18H23N3O4S2/c19-27(23,24)17-7-1-4-14(10-17)20-18(22)13-21(11-15-5-2-8-25-15)12-16-6-3-9-26-16/h1,3-4,6-7,9-10,15H,2,5,8,11-13H2,(H,20,22)(H2,19,23,24)/p+1/t15-/m0/s1. The van der Waals surface area contributed by atoms with Gasteiger partial charge in [-0.3, -0.25) is 4.79 Å². The normalized spacial score (nSPS) is 18.3. The summed E-state index contributed by atoms with van der Waals surface area (Å²) in [5, 5.41) is 9.94. The number of ether oxygens (including phenoxy) is 1. The Labute approximate surface area is 163 Å². The second kappa shape index (κ2) is 8.94. The summed E-state index contributed by atoms with van der Waals surface area (Å²) in [7, 11) is -3.81. The molecule has 1 unspecified atom stereocenters. The lowest BCUT2D eigenvalue weighted by Crippen LogP contribution is -3.12. The summed E-state index contributed by atoms with van der Waals surface area (Å²) in [6.07, 6.45) is 2.26. The number of primary sulfonamides is 1. The van der Waals surface area contributed by atoms with E-state index in [1.165, 1.54) is 17.0 Å². The first-order valence-electron chi connectivity index (χ1n) is 8.80. The second-order valence-corrected chi connectivity index (χ2v) is 9.24. The Morgan fingerprint density at radius 3 is 2.85 bits per heavy atom. The van der Waals surface area contributed by atoms with Crippen LogP contribution in [0.25, 0.3) is 0 Å². The molecule has 0 radical (unpaired) electrons. The van der Waals surface area contributed by atoms with Crippen molar-refractivity contribution < 1.29 is 22.8 Å². The lowest BCUT2D eigenvalue weighted by Gasteiger charge is -2.21. The molecule has 2 heterocycles. The summed E-state index contributed by atoms with van der Waals surface area (Å²) < 4.78 is 28.7. The molecule has 0 saturated carbocycles. The van der Waals surface area contributed by atoms with Crippen LogP contribution in [0, 0.1) is 0 Å². The van der Waals surface area contributed by atoms with E-state index in [0.717, 1.165) is 37.4 Å². The molecule has 1 aromatic heterocycles. The van der Waals surface area contributed by atoms with Crippen molar-refractivity contribution in [2.75, 3.05) is 25.0 Å². The molecule has 0 spiro atoms. The van der Waals surface area contributed by atoms with Crippen LogP contribution in [0.4, 0.5) is 5.69 Å². The molecule has 1 aromatic carbocycles. The Morgan fingerprint density at radius 1 is 1.33 bits per heavy atom. The Hall–Kier alpha value is -1.78. The van der Waals surface area contributed by atoms with Gasteiger partial charge in [0.15, 0.2) is 6.54 Å². The zero-order chi connectivity index (χ0) is 19.3. The molecular formula is C18H24N3O4S2+. The van der Waals surface area contributed by atoms with Crippen LogP contribution >= 0.6 is 11.3 Å². The van der Waals surface area contributed by atoms with Crippen molar-refractivity contribution in [1.29, 1.82) is 0 Å². The zero-order valence-electron chi connectivity index (χ0n) is 14.9. The number of amides is 1. The van der Waals surface area contributed by atoms with Gasteiger partial charge in [-0.1, -0.05) is 12.1 Å². The molecule has 3 rings (SSSR count). The largest absolute Gasteiger partial charge is 0.372 e. The molecule has 4 N–H and O–H groups in total. The van der Waals surface area contributed by atoms with Gasteiger partial charge in [0, 0.05) is 12.3 Å². The molecular weight excluding hydrogens is 386 g/mol. The molecule has 0 bridgehead atoms. The van der Waals surface area contributed by atoms with E-state index in [4.69, 9.17) is 9.88 Å². The van der Waals surface area contributed by atoms with E-state index in [1.54, 1.807) is 23.5 Å². The molecule has 9 heteroatoms. The van der Waals surface area contributed by atoms with Crippen molar-refractivity contribution in [1.82, 2.24) is 0 Å². The van der Waals surface area contributed by atoms with E-state index in [9.17, 15) is 13.2 Å². The third-order valence-corrected chi connectivity index (χ3v) is 6.19. The van der Waals surface area contributed by atoms with E-state index in [2.05, 4.69) is 11.4 Å². The molecule has 1 saturated heterocycles.